The van der Waals surface area contributed by atoms with Crippen molar-refractivity contribution in [3.8, 4) is 0 Å². The Bertz CT molecular complexity index is 748. The van der Waals surface area contributed by atoms with Crippen LogP contribution >= 0.6 is 0 Å². The van der Waals surface area contributed by atoms with Gasteiger partial charge in [-0.05, 0) is 31.9 Å². The molecule has 2 aliphatic rings. The first-order valence-electron chi connectivity index (χ1n) is 9.03. The van der Waals surface area contributed by atoms with Crippen molar-refractivity contribution in [1.82, 2.24) is 4.90 Å². The average molecular weight is 370 g/mol. The molecule has 142 valence electrons. The van der Waals surface area contributed by atoms with E-state index in [1.807, 2.05) is 18.2 Å². The van der Waals surface area contributed by atoms with Gasteiger partial charge in [-0.15, -0.1) is 0 Å². The number of anilines is 1. The summed E-state index contributed by atoms with van der Waals surface area (Å²) >= 11 is 0. The molecule has 1 fully saturated rings. The van der Waals surface area contributed by atoms with E-state index in [0.717, 1.165) is 4.90 Å². The maximum absolute atomic E-state index is 12.4. The Hall–Kier alpha value is -2.96. The molecule has 1 heterocycles. The number of para-hydroxylation sites is 1. The van der Waals surface area contributed by atoms with E-state index < -0.39 is 18.0 Å². The summed E-state index contributed by atoms with van der Waals surface area (Å²) in [6.45, 7) is 1.46. The molecule has 1 saturated heterocycles. The van der Waals surface area contributed by atoms with Crippen molar-refractivity contribution in [2.24, 2.45) is 11.8 Å². The molecule has 3 amide bonds. The van der Waals surface area contributed by atoms with E-state index in [4.69, 9.17) is 4.74 Å². The Balaban J connectivity index is 1.47. The molecule has 0 aromatic heterocycles. The second kappa shape index (κ2) is 8.16. The third-order valence-electron chi connectivity index (χ3n) is 4.86. The van der Waals surface area contributed by atoms with Gasteiger partial charge in [0.1, 0.15) is 0 Å². The van der Waals surface area contributed by atoms with Crippen molar-refractivity contribution in [3.05, 3.63) is 42.5 Å². The second-order valence-electron chi connectivity index (χ2n) is 6.72. The first-order chi connectivity index (χ1) is 13.0. The molecule has 1 N–H and O–H groups in total. The molecule has 27 heavy (non-hydrogen) atoms. The number of rotatable bonds is 6. The first-order valence-corrected chi connectivity index (χ1v) is 9.03. The van der Waals surface area contributed by atoms with Gasteiger partial charge in [0.05, 0.1) is 18.3 Å². The number of imide groups is 1. The zero-order chi connectivity index (χ0) is 19.4. The van der Waals surface area contributed by atoms with Crippen molar-refractivity contribution in [2.45, 2.75) is 32.3 Å². The minimum absolute atomic E-state index is 0.0173. The Kier molecular flexibility index (Phi) is 5.69. The average Bonchev–Trinajstić information content (AvgIpc) is 2.91. The number of esters is 1. The molecule has 0 radical (unpaired) electrons. The molecule has 7 heteroatoms. The standard InChI is InChI=1S/C20H22N2O5/c1-13(18(24)21-14-7-3-2-4-8-14)27-17(23)11-12-22-19(25)15-9-5-6-10-16(15)20(22)26/h2-8,13,15-16H,9-12H2,1H3,(H,21,24)/t13-,15-,16+/m0/s1. The monoisotopic (exact) mass is 370 g/mol. The summed E-state index contributed by atoms with van der Waals surface area (Å²) in [7, 11) is 0. The van der Waals surface area contributed by atoms with Crippen molar-refractivity contribution >= 4 is 29.4 Å². The molecule has 7 nitrogen and oxygen atoms in total. The lowest BCUT2D eigenvalue weighted by Gasteiger charge is -2.16. The number of nitrogens with zero attached hydrogens (tertiary/aromatic N) is 1. The van der Waals surface area contributed by atoms with E-state index >= 15 is 0 Å². The number of ether oxygens (including phenoxy) is 1. The highest BCUT2D eigenvalue weighted by Gasteiger charge is 2.47. The van der Waals surface area contributed by atoms with Crippen molar-refractivity contribution in [1.29, 1.82) is 0 Å². The molecule has 1 aliphatic carbocycles. The maximum atomic E-state index is 12.4. The van der Waals surface area contributed by atoms with Crippen LogP contribution in [0.2, 0.25) is 0 Å². The van der Waals surface area contributed by atoms with Crippen molar-refractivity contribution in [2.75, 3.05) is 11.9 Å². The highest BCUT2D eigenvalue weighted by molar-refractivity contribution is 6.05. The van der Waals surface area contributed by atoms with Crippen LogP contribution in [0.4, 0.5) is 5.69 Å². The van der Waals surface area contributed by atoms with Gasteiger partial charge in [-0.2, -0.15) is 0 Å². The van der Waals surface area contributed by atoms with Crippen LogP contribution in [-0.2, 0) is 23.9 Å². The van der Waals surface area contributed by atoms with Crippen LogP contribution in [0.25, 0.3) is 0 Å². The second-order valence-corrected chi connectivity index (χ2v) is 6.72. The summed E-state index contributed by atoms with van der Waals surface area (Å²) in [6.07, 6.45) is 3.84. The highest BCUT2D eigenvalue weighted by Crippen LogP contribution is 2.35. The van der Waals surface area contributed by atoms with Gasteiger partial charge in [-0.1, -0.05) is 30.4 Å². The molecular formula is C20H22N2O5. The van der Waals surface area contributed by atoms with Gasteiger partial charge in [0.25, 0.3) is 5.91 Å². The number of fused-ring (bicyclic) bond motifs is 1. The summed E-state index contributed by atoms with van der Waals surface area (Å²) in [5.41, 5.74) is 0.606. The number of carbonyl (C=O) groups excluding carboxylic acids is 4. The number of amides is 3. The van der Waals surface area contributed by atoms with E-state index in [1.165, 1.54) is 6.92 Å². The Morgan fingerprint density at radius 3 is 2.30 bits per heavy atom. The van der Waals surface area contributed by atoms with Crippen LogP contribution < -0.4 is 5.32 Å². The summed E-state index contributed by atoms with van der Waals surface area (Å²) in [6, 6.07) is 8.84. The SMILES string of the molecule is C[C@H](OC(=O)CCN1C(=O)[C@H]2CC=CC[C@H]2C1=O)C(=O)Nc1ccccc1. The quantitative estimate of drug-likeness (QED) is 0.469. The molecule has 0 bridgehead atoms. The number of hydrogen-bond acceptors (Lipinski definition) is 5. The van der Waals surface area contributed by atoms with Crippen LogP contribution in [0.3, 0.4) is 0 Å². The number of likely N-dealkylation sites (tertiary alicyclic amines) is 1. The molecule has 1 aromatic carbocycles. The number of nitrogens with one attached hydrogen (secondary N) is 1. The van der Waals surface area contributed by atoms with Gasteiger partial charge in [0.15, 0.2) is 6.10 Å². The highest BCUT2D eigenvalue weighted by atomic mass is 16.5. The van der Waals surface area contributed by atoms with Gasteiger partial charge in [0, 0.05) is 12.2 Å². The lowest BCUT2D eigenvalue weighted by molar-refractivity contribution is -0.154. The van der Waals surface area contributed by atoms with E-state index in [2.05, 4.69) is 5.32 Å². The molecular weight excluding hydrogens is 348 g/mol. The van der Waals surface area contributed by atoms with Crippen LogP contribution in [-0.4, -0.2) is 41.2 Å². The van der Waals surface area contributed by atoms with E-state index in [0.29, 0.717) is 18.5 Å². The van der Waals surface area contributed by atoms with Crippen LogP contribution in [0.15, 0.2) is 42.5 Å². The molecule has 1 aliphatic heterocycles. The molecule has 3 atom stereocenters. The van der Waals surface area contributed by atoms with E-state index in [-0.39, 0.29) is 36.6 Å². The van der Waals surface area contributed by atoms with Crippen molar-refractivity contribution in [3.63, 3.8) is 0 Å². The zero-order valence-corrected chi connectivity index (χ0v) is 15.1. The molecule has 3 rings (SSSR count). The van der Waals surface area contributed by atoms with Crippen molar-refractivity contribution < 1.29 is 23.9 Å². The van der Waals surface area contributed by atoms with Gasteiger partial charge < -0.3 is 10.1 Å². The third kappa shape index (κ3) is 4.24. The Labute approximate surface area is 157 Å². The largest absolute Gasteiger partial charge is 0.452 e. The summed E-state index contributed by atoms with van der Waals surface area (Å²) < 4.78 is 5.12. The normalized spacial score (nSPS) is 22.3. The van der Waals surface area contributed by atoms with Crippen LogP contribution in [0.5, 0.6) is 0 Å². The topological polar surface area (TPSA) is 92.8 Å². The fraction of sp³-hybridized carbons (Fsp3) is 0.400. The Morgan fingerprint density at radius 1 is 1.11 bits per heavy atom. The molecule has 1 aromatic rings. The third-order valence-corrected chi connectivity index (χ3v) is 4.86. The van der Waals surface area contributed by atoms with Gasteiger partial charge >= 0.3 is 5.97 Å². The summed E-state index contributed by atoms with van der Waals surface area (Å²) in [5, 5.41) is 2.65. The van der Waals surface area contributed by atoms with Gasteiger partial charge in [-0.25, -0.2) is 0 Å². The number of carbonyl (C=O) groups is 4. The van der Waals surface area contributed by atoms with E-state index in [9.17, 15) is 19.2 Å². The van der Waals surface area contributed by atoms with E-state index in [1.54, 1.807) is 24.3 Å². The summed E-state index contributed by atoms with van der Waals surface area (Å²) in [5.74, 6) is -2.14. The van der Waals surface area contributed by atoms with Crippen LogP contribution in [0.1, 0.15) is 26.2 Å². The van der Waals surface area contributed by atoms with Crippen LogP contribution in [0, 0.1) is 11.8 Å². The van der Waals surface area contributed by atoms with Gasteiger partial charge in [-0.3, -0.25) is 24.1 Å². The lowest BCUT2D eigenvalue weighted by atomic mass is 9.85. The zero-order valence-electron chi connectivity index (χ0n) is 15.1. The fourth-order valence-electron chi connectivity index (χ4n) is 3.37. The molecule has 0 spiro atoms. The summed E-state index contributed by atoms with van der Waals surface area (Å²) in [4.78, 5) is 50.0. The minimum atomic E-state index is -0.977. The maximum Gasteiger partial charge on any atom is 0.308 e. The Morgan fingerprint density at radius 2 is 1.70 bits per heavy atom. The lowest BCUT2D eigenvalue weighted by Crippen LogP contribution is -2.35. The number of benzene rings is 1. The minimum Gasteiger partial charge on any atom is -0.452 e. The molecule has 0 unspecified atom stereocenters. The predicted molar refractivity (Wildman–Crippen MR) is 97.3 cm³/mol. The smallest absolute Gasteiger partial charge is 0.308 e. The predicted octanol–water partition coefficient (Wildman–Crippen LogP) is 1.90. The fourth-order valence-corrected chi connectivity index (χ4v) is 3.37. The first kappa shape index (κ1) is 18.8. The number of hydrogen-bond donors (Lipinski definition) is 1. The molecule has 0 saturated carbocycles. The number of allylic oxidation sites excluding steroid dienone is 2. The van der Waals surface area contributed by atoms with Gasteiger partial charge in [0.2, 0.25) is 11.8 Å².